The van der Waals surface area contributed by atoms with Crippen LogP contribution in [-0.2, 0) is 17.6 Å². The minimum atomic E-state index is -0.975. The summed E-state index contributed by atoms with van der Waals surface area (Å²) in [4.78, 5) is 23.7. The topological polar surface area (TPSA) is 84.2 Å². The van der Waals surface area contributed by atoms with Crippen LogP contribution in [0, 0.1) is 17.0 Å². The molecule has 0 radical (unpaired) electrons. The lowest BCUT2D eigenvalue weighted by Gasteiger charge is -2.18. The third-order valence-electron chi connectivity index (χ3n) is 4.91. The van der Waals surface area contributed by atoms with Crippen molar-refractivity contribution in [3.05, 3.63) is 46.8 Å². The molecule has 3 rings (SSSR count). The molecule has 1 aromatic heterocycles. The van der Waals surface area contributed by atoms with Crippen LogP contribution in [0.1, 0.15) is 48.4 Å². The summed E-state index contributed by atoms with van der Waals surface area (Å²) >= 11 is 0. The van der Waals surface area contributed by atoms with Gasteiger partial charge in [0.1, 0.15) is 0 Å². The molecule has 0 unspecified atom stereocenters. The van der Waals surface area contributed by atoms with E-state index in [1.54, 1.807) is 13.8 Å². The molecule has 1 aliphatic rings. The molecule has 0 aliphatic heterocycles. The molecule has 1 aromatic carbocycles. The fourth-order valence-electron chi connectivity index (χ4n) is 3.13. The molecule has 0 fully saturated rings. The average Bonchev–Trinajstić information content (AvgIpc) is 3.19. The summed E-state index contributed by atoms with van der Waals surface area (Å²) in [5, 5.41) is 16.2. The number of carboxylic acid groups (broad SMARTS) is 1. The second kappa shape index (κ2) is 7.09. The Bertz CT molecular complexity index is 906. The number of aromatic nitrogens is 2. The second-order valence-corrected chi connectivity index (χ2v) is 7.33. The molecule has 144 valence electrons. The van der Waals surface area contributed by atoms with E-state index in [2.05, 4.69) is 10.4 Å². The van der Waals surface area contributed by atoms with Crippen molar-refractivity contribution >= 4 is 11.9 Å². The van der Waals surface area contributed by atoms with Crippen molar-refractivity contribution in [3.63, 3.8) is 0 Å². The Morgan fingerprint density at radius 3 is 2.67 bits per heavy atom. The van der Waals surface area contributed by atoms with E-state index in [0.717, 1.165) is 29.8 Å². The van der Waals surface area contributed by atoms with Gasteiger partial charge in [0.25, 0.3) is 5.91 Å². The Kier molecular flexibility index (Phi) is 4.99. The van der Waals surface area contributed by atoms with Gasteiger partial charge < -0.3 is 10.4 Å². The molecule has 27 heavy (non-hydrogen) atoms. The van der Waals surface area contributed by atoms with Gasteiger partial charge in [-0.3, -0.25) is 9.59 Å². The molecule has 8 heteroatoms. The van der Waals surface area contributed by atoms with Crippen LogP contribution in [0.4, 0.5) is 8.78 Å². The number of nitrogens with zero attached hydrogens (tertiary/aromatic N) is 2. The van der Waals surface area contributed by atoms with Crippen LogP contribution in [0.15, 0.2) is 18.2 Å². The molecule has 1 aliphatic carbocycles. The SMILES string of the molecule is CC(C)(CCNC(=O)c1nn(-c2ccc(F)c(F)c2)c2c1CCC2)C(=O)O. The predicted molar refractivity (Wildman–Crippen MR) is 93.9 cm³/mol. The van der Waals surface area contributed by atoms with Crippen LogP contribution in [0.3, 0.4) is 0 Å². The van der Waals surface area contributed by atoms with E-state index >= 15 is 0 Å². The number of aliphatic carboxylic acids is 1. The quantitative estimate of drug-likeness (QED) is 0.811. The summed E-state index contributed by atoms with van der Waals surface area (Å²) in [5.41, 5.74) is 1.28. The first-order chi connectivity index (χ1) is 12.7. The summed E-state index contributed by atoms with van der Waals surface area (Å²) in [6.45, 7) is 3.39. The molecule has 1 amide bonds. The smallest absolute Gasteiger partial charge is 0.309 e. The predicted octanol–water partition coefficient (Wildman–Crippen LogP) is 2.87. The second-order valence-electron chi connectivity index (χ2n) is 7.33. The highest BCUT2D eigenvalue weighted by Gasteiger charge is 2.29. The maximum Gasteiger partial charge on any atom is 0.309 e. The number of amides is 1. The van der Waals surface area contributed by atoms with E-state index in [-0.39, 0.29) is 18.7 Å². The van der Waals surface area contributed by atoms with Crippen LogP contribution in [-0.4, -0.2) is 33.3 Å². The largest absolute Gasteiger partial charge is 0.481 e. The average molecular weight is 377 g/mol. The summed E-state index contributed by atoms with van der Waals surface area (Å²) in [6, 6.07) is 3.50. The molecular formula is C19H21F2N3O3. The van der Waals surface area contributed by atoms with Crippen molar-refractivity contribution in [3.8, 4) is 5.69 Å². The Morgan fingerprint density at radius 1 is 1.26 bits per heavy atom. The van der Waals surface area contributed by atoms with Gasteiger partial charge in [0.2, 0.25) is 0 Å². The van der Waals surface area contributed by atoms with Crippen LogP contribution < -0.4 is 5.32 Å². The van der Waals surface area contributed by atoms with Crippen molar-refractivity contribution in [2.75, 3.05) is 6.54 Å². The zero-order chi connectivity index (χ0) is 19.8. The van der Waals surface area contributed by atoms with E-state index in [1.165, 1.54) is 10.7 Å². The zero-order valence-electron chi connectivity index (χ0n) is 15.2. The highest BCUT2D eigenvalue weighted by atomic mass is 19.2. The minimum absolute atomic E-state index is 0.199. The first-order valence-electron chi connectivity index (χ1n) is 8.78. The number of carboxylic acids is 1. The van der Waals surface area contributed by atoms with Crippen LogP contribution in [0.2, 0.25) is 0 Å². The number of rotatable bonds is 6. The number of fused-ring (bicyclic) bond motifs is 1. The van der Waals surface area contributed by atoms with Gasteiger partial charge in [0, 0.05) is 23.9 Å². The standard InChI is InChI=1S/C19H21F2N3O3/c1-19(2,18(26)27)8-9-22-17(25)16-12-4-3-5-15(12)24(23-16)11-6-7-13(20)14(21)10-11/h6-7,10H,3-5,8-9H2,1-2H3,(H,22,25)(H,26,27). The number of halogens is 2. The molecule has 6 nitrogen and oxygen atoms in total. The fraction of sp³-hybridized carbons (Fsp3) is 0.421. The molecule has 2 N–H and O–H groups in total. The van der Waals surface area contributed by atoms with Crippen LogP contribution in [0.25, 0.3) is 5.69 Å². The first-order valence-corrected chi connectivity index (χ1v) is 8.78. The molecule has 0 spiro atoms. The summed E-state index contributed by atoms with van der Waals surface area (Å²) in [6.07, 6.45) is 2.51. The Morgan fingerprint density at radius 2 is 2.00 bits per heavy atom. The van der Waals surface area contributed by atoms with Crippen molar-refractivity contribution < 1.29 is 23.5 Å². The Balaban J connectivity index is 1.81. The summed E-state index contributed by atoms with van der Waals surface area (Å²) < 4.78 is 28.3. The molecule has 0 saturated heterocycles. The molecular weight excluding hydrogens is 356 g/mol. The minimum Gasteiger partial charge on any atom is -0.481 e. The lowest BCUT2D eigenvalue weighted by molar-refractivity contribution is -0.147. The van der Waals surface area contributed by atoms with E-state index in [1.807, 2.05) is 0 Å². The summed E-state index contributed by atoms with van der Waals surface area (Å²) in [5.74, 6) is -3.24. The van der Waals surface area contributed by atoms with Gasteiger partial charge in [-0.1, -0.05) is 0 Å². The lowest BCUT2D eigenvalue weighted by atomic mass is 9.90. The van der Waals surface area contributed by atoms with Gasteiger partial charge >= 0.3 is 5.97 Å². The first kappa shape index (κ1) is 19.0. The van der Waals surface area contributed by atoms with Gasteiger partial charge in [-0.25, -0.2) is 13.5 Å². The van der Waals surface area contributed by atoms with Gasteiger partial charge in [0.15, 0.2) is 17.3 Å². The van der Waals surface area contributed by atoms with E-state index in [4.69, 9.17) is 5.11 Å². The zero-order valence-corrected chi connectivity index (χ0v) is 15.2. The van der Waals surface area contributed by atoms with Crippen LogP contribution in [0.5, 0.6) is 0 Å². The van der Waals surface area contributed by atoms with E-state index in [9.17, 15) is 18.4 Å². The van der Waals surface area contributed by atoms with Gasteiger partial charge in [0.05, 0.1) is 11.1 Å². The van der Waals surface area contributed by atoms with Gasteiger partial charge in [-0.2, -0.15) is 5.10 Å². The van der Waals surface area contributed by atoms with Crippen molar-refractivity contribution in [2.45, 2.75) is 39.5 Å². The van der Waals surface area contributed by atoms with Crippen molar-refractivity contribution in [1.29, 1.82) is 0 Å². The third-order valence-corrected chi connectivity index (χ3v) is 4.91. The van der Waals surface area contributed by atoms with Crippen molar-refractivity contribution in [1.82, 2.24) is 15.1 Å². The van der Waals surface area contributed by atoms with Gasteiger partial charge in [-0.15, -0.1) is 0 Å². The fourth-order valence-corrected chi connectivity index (χ4v) is 3.13. The monoisotopic (exact) mass is 377 g/mol. The highest BCUT2D eigenvalue weighted by Crippen LogP contribution is 2.28. The maximum atomic E-state index is 13.6. The number of benzene rings is 1. The third kappa shape index (κ3) is 3.70. The number of carbonyl (C=O) groups is 2. The van der Waals surface area contributed by atoms with E-state index < -0.39 is 28.9 Å². The normalized spacial score (nSPS) is 13.5. The molecule has 0 atom stereocenters. The van der Waals surface area contributed by atoms with E-state index in [0.29, 0.717) is 18.5 Å². The Labute approximate surface area is 155 Å². The van der Waals surface area contributed by atoms with Gasteiger partial charge in [-0.05, 0) is 51.7 Å². The number of nitrogens with one attached hydrogen (secondary N) is 1. The lowest BCUT2D eigenvalue weighted by Crippen LogP contribution is -2.32. The number of hydrogen-bond acceptors (Lipinski definition) is 3. The molecule has 2 aromatic rings. The molecule has 0 saturated carbocycles. The summed E-state index contributed by atoms with van der Waals surface area (Å²) in [7, 11) is 0. The Hall–Kier alpha value is -2.77. The molecule has 0 bridgehead atoms. The highest BCUT2D eigenvalue weighted by molar-refractivity contribution is 5.94. The molecule has 1 heterocycles. The number of hydrogen-bond donors (Lipinski definition) is 2. The maximum absolute atomic E-state index is 13.6. The van der Waals surface area contributed by atoms with Crippen LogP contribution >= 0.6 is 0 Å². The van der Waals surface area contributed by atoms with Crippen molar-refractivity contribution in [2.24, 2.45) is 5.41 Å². The number of carbonyl (C=O) groups excluding carboxylic acids is 1.